The van der Waals surface area contributed by atoms with Gasteiger partial charge in [0.1, 0.15) is 0 Å². The number of carbonyl (C=O) groups excluding carboxylic acids is 2. The first-order chi connectivity index (χ1) is 13.0. The van der Waals surface area contributed by atoms with Gasteiger partial charge in [-0.2, -0.15) is 0 Å². The topological polar surface area (TPSA) is 106 Å². The number of nitrogens with zero attached hydrogens (tertiary/aromatic N) is 4. The lowest BCUT2D eigenvalue weighted by atomic mass is 10.2. The summed E-state index contributed by atoms with van der Waals surface area (Å²) in [6.07, 6.45) is 0. The van der Waals surface area contributed by atoms with E-state index in [9.17, 15) is 9.59 Å². The number of thioether (sulfide) groups is 2. The molecule has 0 aliphatic carbocycles. The van der Waals surface area contributed by atoms with Gasteiger partial charge in [0.05, 0.1) is 11.5 Å². The van der Waals surface area contributed by atoms with Gasteiger partial charge in [-0.15, -0.1) is 10.2 Å². The summed E-state index contributed by atoms with van der Waals surface area (Å²) in [5, 5.41) is 11.7. The molecule has 0 saturated heterocycles. The highest BCUT2D eigenvalue weighted by Crippen LogP contribution is 2.21. The monoisotopic (exact) mass is 408 g/mol. The van der Waals surface area contributed by atoms with Crippen molar-refractivity contribution in [3.63, 3.8) is 0 Å². The number of para-hydroxylation sites is 1. The number of hydrogen-bond donors (Lipinski definition) is 2. The van der Waals surface area contributed by atoms with Crippen LogP contribution in [0.2, 0.25) is 0 Å². The van der Waals surface area contributed by atoms with E-state index >= 15 is 0 Å². The highest BCUT2D eigenvalue weighted by molar-refractivity contribution is 8.00. The summed E-state index contributed by atoms with van der Waals surface area (Å²) in [6.45, 7) is 7.15. The summed E-state index contributed by atoms with van der Waals surface area (Å²) in [4.78, 5) is 25.9. The summed E-state index contributed by atoms with van der Waals surface area (Å²) < 4.78 is 1.31. The molecule has 3 N–H and O–H groups in total. The van der Waals surface area contributed by atoms with Gasteiger partial charge in [0.2, 0.25) is 22.1 Å². The Morgan fingerprint density at radius 2 is 1.70 bits per heavy atom. The van der Waals surface area contributed by atoms with E-state index in [0.29, 0.717) is 23.4 Å². The maximum absolute atomic E-state index is 12.1. The molecule has 1 aromatic heterocycles. The van der Waals surface area contributed by atoms with Crippen LogP contribution in [0, 0.1) is 6.92 Å². The van der Waals surface area contributed by atoms with Gasteiger partial charge in [0.15, 0.2) is 0 Å². The number of nitrogen functional groups attached to an aromatic ring is 1. The molecule has 0 fully saturated rings. The molecule has 0 radical (unpaired) electrons. The molecule has 0 aliphatic heterocycles. The number of anilines is 1. The van der Waals surface area contributed by atoms with Crippen LogP contribution < -0.4 is 11.2 Å². The number of nitrogens with one attached hydrogen (secondary N) is 1. The average molecular weight is 409 g/mol. The average Bonchev–Trinajstić information content (AvgIpc) is 3.01. The standard InChI is InChI=1S/C17H24N6O2S2/c1-4-22(5-2)15(25)11-27-17-21-20-16(23(17)18)26-10-14(24)19-13-9-7-6-8-12(13)3/h6-9H,4-5,10-11,18H2,1-3H3,(H,19,24). The lowest BCUT2D eigenvalue weighted by Crippen LogP contribution is -2.32. The van der Waals surface area contributed by atoms with Gasteiger partial charge >= 0.3 is 0 Å². The third kappa shape index (κ3) is 5.90. The molecular weight excluding hydrogens is 384 g/mol. The quantitative estimate of drug-likeness (QED) is 0.483. The molecule has 0 unspecified atom stereocenters. The normalized spacial score (nSPS) is 10.6. The second kappa shape index (κ2) is 10.2. The van der Waals surface area contributed by atoms with E-state index in [1.54, 1.807) is 4.90 Å². The van der Waals surface area contributed by atoms with Crippen LogP contribution >= 0.6 is 23.5 Å². The first kappa shape index (κ1) is 21.1. The Hall–Kier alpha value is -2.20. The zero-order valence-corrected chi connectivity index (χ0v) is 17.3. The van der Waals surface area contributed by atoms with E-state index in [2.05, 4.69) is 15.5 Å². The van der Waals surface area contributed by atoms with Gasteiger partial charge in [-0.25, -0.2) is 4.68 Å². The van der Waals surface area contributed by atoms with Crippen LogP contribution in [-0.2, 0) is 9.59 Å². The van der Waals surface area contributed by atoms with E-state index in [-0.39, 0.29) is 23.3 Å². The van der Waals surface area contributed by atoms with Crippen molar-refractivity contribution in [2.75, 3.05) is 35.8 Å². The second-order valence-electron chi connectivity index (χ2n) is 5.64. The molecule has 2 rings (SSSR count). The van der Waals surface area contributed by atoms with Crippen LogP contribution in [0.5, 0.6) is 0 Å². The number of aromatic nitrogens is 3. The van der Waals surface area contributed by atoms with Crippen molar-refractivity contribution in [1.82, 2.24) is 19.8 Å². The molecule has 2 amide bonds. The van der Waals surface area contributed by atoms with Crippen LogP contribution in [0.15, 0.2) is 34.6 Å². The summed E-state index contributed by atoms with van der Waals surface area (Å²) >= 11 is 2.43. The first-order valence-corrected chi connectivity index (χ1v) is 10.5. The van der Waals surface area contributed by atoms with Crippen LogP contribution in [-0.4, -0.2) is 56.2 Å². The highest BCUT2D eigenvalue weighted by atomic mass is 32.2. The van der Waals surface area contributed by atoms with E-state index < -0.39 is 0 Å². The third-order valence-corrected chi connectivity index (χ3v) is 5.70. The minimum absolute atomic E-state index is 0.0276. The molecule has 0 aliphatic rings. The molecule has 0 saturated carbocycles. The second-order valence-corrected chi connectivity index (χ2v) is 7.53. The van der Waals surface area contributed by atoms with Crippen molar-refractivity contribution in [3.8, 4) is 0 Å². The predicted octanol–water partition coefficient (Wildman–Crippen LogP) is 1.99. The Bertz CT molecular complexity index is 791. The number of nitrogens with two attached hydrogens (primary N) is 1. The van der Waals surface area contributed by atoms with Crippen LogP contribution in [0.1, 0.15) is 19.4 Å². The Kier molecular flexibility index (Phi) is 7.99. The molecule has 0 atom stereocenters. The summed E-state index contributed by atoms with van der Waals surface area (Å²) in [5.41, 5.74) is 1.78. The summed E-state index contributed by atoms with van der Waals surface area (Å²) in [6, 6.07) is 7.57. The molecule has 146 valence electrons. The Morgan fingerprint density at radius 1 is 1.11 bits per heavy atom. The Labute approximate surface area is 167 Å². The molecular formula is C17H24N6O2S2. The first-order valence-electron chi connectivity index (χ1n) is 8.55. The number of aryl methyl sites for hydroxylation is 1. The molecule has 1 aromatic carbocycles. The number of rotatable bonds is 9. The number of amides is 2. The predicted molar refractivity (Wildman–Crippen MR) is 109 cm³/mol. The van der Waals surface area contributed by atoms with Gasteiger partial charge in [-0.1, -0.05) is 41.7 Å². The van der Waals surface area contributed by atoms with Crippen molar-refractivity contribution in [1.29, 1.82) is 0 Å². The lowest BCUT2D eigenvalue weighted by Gasteiger charge is -2.17. The SMILES string of the molecule is CCN(CC)C(=O)CSc1nnc(SCC(=O)Nc2ccccc2C)n1N. The van der Waals surface area contributed by atoms with Crippen LogP contribution in [0.25, 0.3) is 0 Å². The van der Waals surface area contributed by atoms with Crippen molar-refractivity contribution in [2.24, 2.45) is 0 Å². The third-order valence-electron chi connectivity index (χ3n) is 3.83. The Balaban J connectivity index is 1.87. The summed E-state index contributed by atoms with van der Waals surface area (Å²) in [5.74, 6) is 6.27. The van der Waals surface area contributed by atoms with Crippen molar-refractivity contribution in [2.45, 2.75) is 31.1 Å². The van der Waals surface area contributed by atoms with Gasteiger partial charge in [0.25, 0.3) is 0 Å². The largest absolute Gasteiger partial charge is 0.343 e. The van der Waals surface area contributed by atoms with Gasteiger partial charge in [-0.05, 0) is 32.4 Å². The fourth-order valence-electron chi connectivity index (χ4n) is 2.28. The molecule has 8 nitrogen and oxygen atoms in total. The maximum Gasteiger partial charge on any atom is 0.234 e. The van der Waals surface area contributed by atoms with Gasteiger partial charge < -0.3 is 16.1 Å². The lowest BCUT2D eigenvalue weighted by molar-refractivity contribution is -0.128. The van der Waals surface area contributed by atoms with Crippen molar-refractivity contribution < 1.29 is 9.59 Å². The highest BCUT2D eigenvalue weighted by Gasteiger charge is 2.16. The zero-order chi connectivity index (χ0) is 19.8. The smallest absolute Gasteiger partial charge is 0.234 e. The fourth-order valence-corrected chi connectivity index (χ4v) is 3.76. The number of benzene rings is 1. The molecule has 0 bridgehead atoms. The van der Waals surface area contributed by atoms with E-state index in [1.165, 1.54) is 28.2 Å². The Morgan fingerprint density at radius 3 is 2.30 bits per heavy atom. The van der Waals surface area contributed by atoms with Crippen molar-refractivity contribution in [3.05, 3.63) is 29.8 Å². The molecule has 27 heavy (non-hydrogen) atoms. The molecule has 1 heterocycles. The maximum atomic E-state index is 12.1. The van der Waals surface area contributed by atoms with E-state index in [0.717, 1.165) is 11.3 Å². The minimum atomic E-state index is -0.150. The number of hydrogen-bond acceptors (Lipinski definition) is 7. The van der Waals surface area contributed by atoms with E-state index in [4.69, 9.17) is 5.84 Å². The zero-order valence-electron chi connectivity index (χ0n) is 15.6. The fraction of sp³-hybridized carbons (Fsp3) is 0.412. The summed E-state index contributed by atoms with van der Waals surface area (Å²) in [7, 11) is 0. The van der Waals surface area contributed by atoms with Gasteiger partial charge in [-0.3, -0.25) is 9.59 Å². The molecule has 0 spiro atoms. The van der Waals surface area contributed by atoms with Crippen LogP contribution in [0.4, 0.5) is 5.69 Å². The minimum Gasteiger partial charge on any atom is -0.343 e. The molecule has 2 aromatic rings. The van der Waals surface area contributed by atoms with Crippen molar-refractivity contribution >= 4 is 41.0 Å². The number of carbonyl (C=O) groups is 2. The molecule has 10 heteroatoms. The van der Waals surface area contributed by atoms with Gasteiger partial charge in [0, 0.05) is 18.8 Å². The van der Waals surface area contributed by atoms with E-state index in [1.807, 2.05) is 45.0 Å². The van der Waals surface area contributed by atoms with Crippen LogP contribution in [0.3, 0.4) is 0 Å².